The number of pyridine rings is 1. The lowest BCUT2D eigenvalue weighted by molar-refractivity contribution is -0.134. The molecule has 0 aliphatic carbocycles. The lowest BCUT2D eigenvalue weighted by atomic mass is 10.2. The van der Waals surface area contributed by atoms with Gasteiger partial charge in [-0.2, -0.15) is 12.7 Å². The van der Waals surface area contributed by atoms with Crippen LogP contribution < -0.4 is 4.72 Å². The van der Waals surface area contributed by atoms with Crippen molar-refractivity contribution in [2.45, 2.75) is 6.54 Å². The number of fused-ring (bicyclic) bond motifs is 1. The molecule has 9 heteroatoms. The minimum absolute atomic E-state index is 0.163. The Morgan fingerprint density at radius 1 is 1.00 bits per heavy atom. The number of amides is 1. The minimum Gasteiger partial charge on any atom is -0.336 e. The predicted molar refractivity (Wildman–Crippen MR) is 108 cm³/mol. The standard InChI is InChI=1S/C20H19FN4O3S/c21-17-8-5-15(6-9-17)13-24-11-12-25(14-20(24)26)29(27,28)23-19-10-7-16-3-1-2-4-18(16)22-19/h1-10H,11-14H2,(H,22,23). The molecule has 1 fully saturated rings. The van der Waals surface area contributed by atoms with Crippen molar-refractivity contribution in [2.24, 2.45) is 0 Å². The molecule has 4 rings (SSSR count). The number of anilines is 1. The average molecular weight is 414 g/mol. The Morgan fingerprint density at radius 2 is 1.76 bits per heavy atom. The first-order valence-electron chi connectivity index (χ1n) is 9.07. The molecular weight excluding hydrogens is 395 g/mol. The molecule has 7 nitrogen and oxygen atoms in total. The summed E-state index contributed by atoms with van der Waals surface area (Å²) in [7, 11) is -3.92. The van der Waals surface area contributed by atoms with Crippen molar-refractivity contribution in [2.75, 3.05) is 24.4 Å². The van der Waals surface area contributed by atoms with Gasteiger partial charge in [-0.1, -0.05) is 30.3 Å². The first kappa shape index (κ1) is 19.3. The van der Waals surface area contributed by atoms with Gasteiger partial charge in [0.25, 0.3) is 0 Å². The highest BCUT2D eigenvalue weighted by molar-refractivity contribution is 7.90. The fourth-order valence-electron chi connectivity index (χ4n) is 3.19. The van der Waals surface area contributed by atoms with Crippen LogP contribution in [-0.2, 0) is 21.5 Å². The third-order valence-corrected chi connectivity index (χ3v) is 6.20. The Kier molecular flexibility index (Phi) is 5.16. The number of rotatable bonds is 5. The monoisotopic (exact) mass is 414 g/mol. The zero-order valence-electron chi connectivity index (χ0n) is 15.5. The molecule has 1 N–H and O–H groups in total. The Hall–Kier alpha value is -3.04. The summed E-state index contributed by atoms with van der Waals surface area (Å²) < 4.78 is 42.0. The molecule has 1 aromatic heterocycles. The van der Waals surface area contributed by atoms with Crippen molar-refractivity contribution >= 4 is 32.8 Å². The summed E-state index contributed by atoms with van der Waals surface area (Å²) in [6.07, 6.45) is 0. The van der Waals surface area contributed by atoms with Crippen LogP contribution in [0.15, 0.2) is 60.7 Å². The van der Waals surface area contributed by atoms with E-state index < -0.39 is 10.2 Å². The van der Waals surface area contributed by atoms with E-state index in [0.717, 1.165) is 15.3 Å². The van der Waals surface area contributed by atoms with Gasteiger partial charge in [0.05, 0.1) is 12.1 Å². The van der Waals surface area contributed by atoms with Crippen molar-refractivity contribution in [3.8, 4) is 0 Å². The molecule has 2 heterocycles. The number of halogens is 1. The normalized spacial score (nSPS) is 15.6. The molecule has 2 aromatic carbocycles. The minimum atomic E-state index is -3.92. The number of para-hydroxylation sites is 1. The molecule has 1 aliphatic heterocycles. The maximum absolute atomic E-state index is 13.0. The Morgan fingerprint density at radius 3 is 2.52 bits per heavy atom. The van der Waals surface area contributed by atoms with Crippen LogP contribution in [0.4, 0.5) is 10.2 Å². The van der Waals surface area contributed by atoms with Crippen LogP contribution in [0.5, 0.6) is 0 Å². The SMILES string of the molecule is O=C1CN(S(=O)(=O)Nc2ccc3ccccc3n2)CCN1Cc1ccc(F)cc1. The second-order valence-electron chi connectivity index (χ2n) is 6.77. The third kappa shape index (κ3) is 4.36. The Bertz CT molecular complexity index is 1150. The number of nitrogens with zero attached hydrogens (tertiary/aromatic N) is 3. The van der Waals surface area contributed by atoms with Gasteiger partial charge in [0.1, 0.15) is 11.6 Å². The van der Waals surface area contributed by atoms with Crippen molar-refractivity contribution in [3.05, 3.63) is 72.0 Å². The summed E-state index contributed by atoms with van der Waals surface area (Å²) in [4.78, 5) is 18.3. The lowest BCUT2D eigenvalue weighted by Crippen LogP contribution is -2.53. The van der Waals surface area contributed by atoms with Crippen LogP contribution in [0.3, 0.4) is 0 Å². The smallest absolute Gasteiger partial charge is 0.303 e. The van der Waals surface area contributed by atoms with E-state index in [1.807, 2.05) is 18.2 Å². The van der Waals surface area contributed by atoms with Gasteiger partial charge in [0.2, 0.25) is 5.91 Å². The number of piperazine rings is 1. The first-order chi connectivity index (χ1) is 13.9. The van der Waals surface area contributed by atoms with E-state index in [1.165, 1.54) is 12.1 Å². The van der Waals surface area contributed by atoms with E-state index in [4.69, 9.17) is 0 Å². The summed E-state index contributed by atoms with van der Waals surface area (Å²) in [6, 6.07) is 16.7. The quantitative estimate of drug-likeness (QED) is 0.695. The number of hydrogen-bond donors (Lipinski definition) is 1. The molecule has 1 saturated heterocycles. The van der Waals surface area contributed by atoms with Crippen LogP contribution >= 0.6 is 0 Å². The summed E-state index contributed by atoms with van der Waals surface area (Å²) in [6.45, 7) is 0.467. The number of hydrogen-bond acceptors (Lipinski definition) is 4. The fourth-order valence-corrected chi connectivity index (χ4v) is 4.30. The topological polar surface area (TPSA) is 82.6 Å². The summed E-state index contributed by atoms with van der Waals surface area (Å²) in [5.41, 5.74) is 1.46. The molecule has 0 spiro atoms. The van der Waals surface area contributed by atoms with Gasteiger partial charge >= 0.3 is 10.2 Å². The van der Waals surface area contributed by atoms with E-state index in [0.29, 0.717) is 12.1 Å². The molecule has 29 heavy (non-hydrogen) atoms. The highest BCUT2D eigenvalue weighted by Gasteiger charge is 2.32. The molecule has 3 aromatic rings. The molecule has 150 valence electrons. The van der Waals surface area contributed by atoms with Crippen LogP contribution in [0, 0.1) is 5.82 Å². The summed E-state index contributed by atoms with van der Waals surface area (Å²) in [5, 5.41) is 0.903. The number of nitrogens with one attached hydrogen (secondary N) is 1. The van der Waals surface area contributed by atoms with Crippen LogP contribution in [0.1, 0.15) is 5.56 Å². The molecule has 0 saturated carbocycles. The van der Waals surface area contributed by atoms with Gasteiger partial charge < -0.3 is 4.90 Å². The van der Waals surface area contributed by atoms with Crippen LogP contribution in [0.25, 0.3) is 10.9 Å². The van der Waals surface area contributed by atoms with Gasteiger partial charge in [-0.3, -0.25) is 9.52 Å². The molecule has 0 atom stereocenters. The van der Waals surface area contributed by atoms with E-state index in [1.54, 1.807) is 35.2 Å². The van der Waals surface area contributed by atoms with Crippen molar-refractivity contribution in [1.29, 1.82) is 0 Å². The molecule has 0 radical (unpaired) electrons. The highest BCUT2D eigenvalue weighted by atomic mass is 32.2. The van der Waals surface area contributed by atoms with Gasteiger partial charge in [-0.25, -0.2) is 9.37 Å². The van der Waals surface area contributed by atoms with Crippen LogP contribution in [-0.4, -0.2) is 48.1 Å². The van der Waals surface area contributed by atoms with Gasteiger partial charge in [-0.05, 0) is 35.9 Å². The summed E-state index contributed by atoms with van der Waals surface area (Å²) >= 11 is 0. The number of benzene rings is 2. The lowest BCUT2D eigenvalue weighted by Gasteiger charge is -2.33. The first-order valence-corrected chi connectivity index (χ1v) is 10.5. The molecule has 1 aliphatic rings. The number of carbonyl (C=O) groups is 1. The van der Waals surface area contributed by atoms with Crippen molar-refractivity contribution in [1.82, 2.24) is 14.2 Å². The average Bonchev–Trinajstić information content (AvgIpc) is 2.70. The van der Waals surface area contributed by atoms with E-state index in [9.17, 15) is 17.6 Å². The van der Waals surface area contributed by atoms with Crippen LogP contribution in [0.2, 0.25) is 0 Å². The fraction of sp³-hybridized carbons (Fsp3) is 0.200. The van der Waals surface area contributed by atoms with Gasteiger partial charge in [0.15, 0.2) is 0 Å². The highest BCUT2D eigenvalue weighted by Crippen LogP contribution is 2.18. The second kappa shape index (κ2) is 7.76. The predicted octanol–water partition coefficient (Wildman–Crippen LogP) is 2.38. The molecular formula is C20H19FN4O3S. The maximum atomic E-state index is 13.0. The zero-order valence-corrected chi connectivity index (χ0v) is 16.3. The largest absolute Gasteiger partial charge is 0.336 e. The number of aromatic nitrogens is 1. The molecule has 0 bridgehead atoms. The maximum Gasteiger partial charge on any atom is 0.303 e. The Labute approximate surface area is 168 Å². The number of carbonyl (C=O) groups excluding carboxylic acids is 1. The van der Waals surface area contributed by atoms with Crippen molar-refractivity contribution in [3.63, 3.8) is 0 Å². The van der Waals surface area contributed by atoms with E-state index in [2.05, 4.69) is 9.71 Å². The van der Waals surface area contributed by atoms with Gasteiger partial charge in [-0.15, -0.1) is 0 Å². The van der Waals surface area contributed by atoms with E-state index in [-0.39, 0.29) is 37.2 Å². The Balaban J connectivity index is 1.43. The van der Waals surface area contributed by atoms with Gasteiger partial charge in [0, 0.05) is 25.0 Å². The summed E-state index contributed by atoms with van der Waals surface area (Å²) in [5.74, 6) is -0.452. The van der Waals surface area contributed by atoms with Crippen molar-refractivity contribution < 1.29 is 17.6 Å². The molecule has 0 unspecified atom stereocenters. The zero-order chi connectivity index (χ0) is 20.4. The van der Waals surface area contributed by atoms with E-state index >= 15 is 0 Å². The third-order valence-electron chi connectivity index (χ3n) is 4.74. The second-order valence-corrected chi connectivity index (χ2v) is 8.44. The molecule has 1 amide bonds.